The average molecular weight is 361 g/mol. The van der Waals surface area contributed by atoms with Gasteiger partial charge in [0.25, 0.3) is 0 Å². The van der Waals surface area contributed by atoms with Crippen LogP contribution in [0.15, 0.2) is 41.0 Å². The summed E-state index contributed by atoms with van der Waals surface area (Å²) in [7, 11) is 0. The Labute approximate surface area is 138 Å². The molecule has 1 aliphatic rings. The normalized spacial score (nSPS) is 13.4. The SMILES string of the molecule is CC(C)OC(=O)c1cccnc1N1Cc2ccc(Br)cc2C1. The number of anilines is 1. The summed E-state index contributed by atoms with van der Waals surface area (Å²) >= 11 is 3.50. The summed E-state index contributed by atoms with van der Waals surface area (Å²) in [5, 5.41) is 0. The number of fused-ring (bicyclic) bond motifs is 1. The topological polar surface area (TPSA) is 42.4 Å². The number of pyridine rings is 1. The first-order chi connectivity index (χ1) is 10.5. The van der Waals surface area contributed by atoms with E-state index in [1.807, 2.05) is 19.9 Å². The number of hydrogen-bond donors (Lipinski definition) is 0. The fraction of sp³-hybridized carbons (Fsp3) is 0.294. The van der Waals surface area contributed by atoms with Crippen LogP contribution >= 0.6 is 15.9 Å². The zero-order chi connectivity index (χ0) is 15.7. The number of ether oxygens (including phenoxy) is 1. The van der Waals surface area contributed by atoms with Crippen molar-refractivity contribution in [1.82, 2.24) is 4.98 Å². The maximum absolute atomic E-state index is 12.3. The molecule has 0 fully saturated rings. The number of rotatable bonds is 3. The molecule has 0 atom stereocenters. The fourth-order valence-electron chi connectivity index (χ4n) is 2.60. The molecule has 0 saturated carbocycles. The van der Waals surface area contributed by atoms with Gasteiger partial charge in [0.1, 0.15) is 11.4 Å². The highest BCUT2D eigenvalue weighted by molar-refractivity contribution is 9.10. The Balaban J connectivity index is 1.89. The van der Waals surface area contributed by atoms with E-state index in [1.165, 1.54) is 11.1 Å². The predicted molar refractivity (Wildman–Crippen MR) is 88.8 cm³/mol. The van der Waals surface area contributed by atoms with Crippen LogP contribution in [0.4, 0.5) is 5.82 Å². The van der Waals surface area contributed by atoms with E-state index in [9.17, 15) is 4.79 Å². The van der Waals surface area contributed by atoms with Gasteiger partial charge in [0.05, 0.1) is 6.10 Å². The highest BCUT2D eigenvalue weighted by Crippen LogP contribution is 2.31. The van der Waals surface area contributed by atoms with E-state index < -0.39 is 0 Å². The van der Waals surface area contributed by atoms with Crippen LogP contribution in [0.25, 0.3) is 0 Å². The smallest absolute Gasteiger partial charge is 0.342 e. The highest BCUT2D eigenvalue weighted by Gasteiger charge is 2.25. The molecule has 114 valence electrons. The van der Waals surface area contributed by atoms with Gasteiger partial charge in [-0.25, -0.2) is 9.78 Å². The zero-order valence-electron chi connectivity index (χ0n) is 12.5. The Morgan fingerprint density at radius 2 is 2.05 bits per heavy atom. The van der Waals surface area contributed by atoms with E-state index in [-0.39, 0.29) is 12.1 Å². The van der Waals surface area contributed by atoms with Crippen molar-refractivity contribution in [1.29, 1.82) is 0 Å². The molecule has 2 aromatic rings. The van der Waals surface area contributed by atoms with Crippen LogP contribution in [0.3, 0.4) is 0 Å². The van der Waals surface area contributed by atoms with Crippen molar-refractivity contribution < 1.29 is 9.53 Å². The summed E-state index contributed by atoms with van der Waals surface area (Å²) in [4.78, 5) is 18.8. The summed E-state index contributed by atoms with van der Waals surface area (Å²) in [6.07, 6.45) is 1.56. The second-order valence-corrected chi connectivity index (χ2v) is 6.51. The van der Waals surface area contributed by atoms with Crippen LogP contribution in [-0.2, 0) is 17.8 Å². The Morgan fingerprint density at radius 1 is 1.27 bits per heavy atom. The molecular weight excluding hydrogens is 344 g/mol. The van der Waals surface area contributed by atoms with Crippen LogP contribution in [0.2, 0.25) is 0 Å². The third kappa shape index (κ3) is 2.99. The lowest BCUT2D eigenvalue weighted by Crippen LogP contribution is -2.21. The molecule has 5 heteroatoms. The first-order valence-corrected chi connectivity index (χ1v) is 8.02. The Bertz CT molecular complexity index is 716. The third-order valence-corrected chi connectivity index (χ3v) is 4.03. The Hall–Kier alpha value is -1.88. The van der Waals surface area contributed by atoms with Gasteiger partial charge >= 0.3 is 5.97 Å². The molecule has 22 heavy (non-hydrogen) atoms. The van der Waals surface area contributed by atoms with Gasteiger partial charge in [-0.15, -0.1) is 0 Å². The lowest BCUT2D eigenvalue weighted by Gasteiger charge is -2.19. The van der Waals surface area contributed by atoms with Crippen LogP contribution in [-0.4, -0.2) is 17.1 Å². The first-order valence-electron chi connectivity index (χ1n) is 7.23. The zero-order valence-corrected chi connectivity index (χ0v) is 14.1. The molecule has 0 saturated heterocycles. The maximum Gasteiger partial charge on any atom is 0.342 e. The molecule has 1 aliphatic heterocycles. The minimum Gasteiger partial charge on any atom is -0.459 e. The third-order valence-electron chi connectivity index (χ3n) is 3.54. The predicted octanol–water partition coefficient (Wildman–Crippen LogP) is 3.93. The van der Waals surface area contributed by atoms with Crippen molar-refractivity contribution in [3.8, 4) is 0 Å². The van der Waals surface area contributed by atoms with Gasteiger partial charge < -0.3 is 9.64 Å². The maximum atomic E-state index is 12.3. The average Bonchev–Trinajstić information content (AvgIpc) is 2.89. The molecule has 0 bridgehead atoms. The first kappa shape index (κ1) is 15.0. The van der Waals surface area contributed by atoms with Crippen LogP contribution < -0.4 is 4.90 Å². The largest absolute Gasteiger partial charge is 0.459 e. The van der Waals surface area contributed by atoms with Crippen LogP contribution in [0.5, 0.6) is 0 Å². The molecular formula is C17H17BrN2O2. The molecule has 0 aliphatic carbocycles. The minimum atomic E-state index is -0.324. The summed E-state index contributed by atoms with van der Waals surface area (Å²) in [6.45, 7) is 5.18. The molecule has 0 unspecified atom stereocenters. The van der Waals surface area contributed by atoms with Gasteiger partial charge in [-0.05, 0) is 49.2 Å². The number of nitrogens with zero attached hydrogens (tertiary/aromatic N) is 2. The quantitative estimate of drug-likeness (QED) is 0.777. The molecule has 4 nitrogen and oxygen atoms in total. The second kappa shape index (κ2) is 6.08. The van der Waals surface area contributed by atoms with Crippen molar-refractivity contribution in [2.45, 2.75) is 33.0 Å². The van der Waals surface area contributed by atoms with Crippen LogP contribution in [0, 0.1) is 0 Å². The summed E-state index contributed by atoms with van der Waals surface area (Å²) in [6, 6.07) is 9.79. The van der Waals surface area contributed by atoms with Gasteiger partial charge in [-0.3, -0.25) is 0 Å². The standard InChI is InChI=1S/C17H17BrN2O2/c1-11(2)22-17(21)15-4-3-7-19-16(15)20-9-12-5-6-14(18)8-13(12)10-20/h3-8,11H,9-10H2,1-2H3. The number of carbonyl (C=O) groups excluding carboxylic acids is 1. The molecule has 1 aromatic heterocycles. The Morgan fingerprint density at radius 3 is 2.82 bits per heavy atom. The Kier molecular flexibility index (Phi) is 4.16. The van der Waals surface area contributed by atoms with Gasteiger partial charge in [0.2, 0.25) is 0 Å². The second-order valence-electron chi connectivity index (χ2n) is 5.60. The van der Waals surface area contributed by atoms with E-state index in [4.69, 9.17) is 4.74 Å². The molecule has 0 amide bonds. The summed E-state index contributed by atoms with van der Waals surface area (Å²) in [5.41, 5.74) is 3.03. The summed E-state index contributed by atoms with van der Waals surface area (Å²) < 4.78 is 6.38. The number of benzene rings is 1. The van der Waals surface area contributed by atoms with E-state index in [0.29, 0.717) is 11.4 Å². The van der Waals surface area contributed by atoms with E-state index in [2.05, 4.69) is 37.9 Å². The van der Waals surface area contributed by atoms with Crippen molar-refractivity contribution in [3.05, 3.63) is 57.7 Å². The number of hydrogen-bond acceptors (Lipinski definition) is 4. The number of halogens is 1. The van der Waals surface area contributed by atoms with Crippen molar-refractivity contribution >= 4 is 27.7 Å². The van der Waals surface area contributed by atoms with Gasteiger partial charge in [-0.1, -0.05) is 22.0 Å². The van der Waals surface area contributed by atoms with Crippen LogP contribution in [0.1, 0.15) is 35.3 Å². The molecule has 1 aromatic carbocycles. The molecule has 0 spiro atoms. The molecule has 2 heterocycles. The summed E-state index contributed by atoms with van der Waals surface area (Å²) in [5.74, 6) is 0.357. The van der Waals surface area contributed by atoms with Gasteiger partial charge in [0, 0.05) is 23.8 Å². The fourth-order valence-corrected chi connectivity index (χ4v) is 3.01. The lowest BCUT2D eigenvalue weighted by molar-refractivity contribution is 0.0378. The number of carbonyl (C=O) groups is 1. The van der Waals surface area contributed by atoms with Crippen molar-refractivity contribution in [2.75, 3.05) is 4.90 Å². The van der Waals surface area contributed by atoms with Crippen molar-refractivity contribution in [2.24, 2.45) is 0 Å². The van der Waals surface area contributed by atoms with E-state index >= 15 is 0 Å². The monoisotopic (exact) mass is 360 g/mol. The molecule has 0 radical (unpaired) electrons. The van der Waals surface area contributed by atoms with Crippen molar-refractivity contribution in [3.63, 3.8) is 0 Å². The number of aromatic nitrogens is 1. The van der Waals surface area contributed by atoms with Gasteiger partial charge in [0.15, 0.2) is 0 Å². The number of esters is 1. The van der Waals surface area contributed by atoms with Gasteiger partial charge in [-0.2, -0.15) is 0 Å². The molecule has 3 rings (SSSR count). The van der Waals surface area contributed by atoms with E-state index in [1.54, 1.807) is 18.3 Å². The minimum absolute atomic E-state index is 0.146. The molecule has 0 N–H and O–H groups in total. The van der Waals surface area contributed by atoms with E-state index in [0.717, 1.165) is 17.6 Å². The lowest BCUT2D eigenvalue weighted by atomic mass is 10.1. The highest BCUT2D eigenvalue weighted by atomic mass is 79.9.